The maximum atomic E-state index is 11.8. The molecule has 0 fully saturated rings. The molecule has 132 valence electrons. The largest absolute Gasteiger partial charge is 0.451 e. The smallest absolute Gasteiger partial charge is 0.355 e. The van der Waals surface area contributed by atoms with Crippen molar-refractivity contribution in [2.45, 2.75) is 26.2 Å². The first kappa shape index (κ1) is 18.2. The second-order valence-corrected chi connectivity index (χ2v) is 5.56. The van der Waals surface area contributed by atoms with Crippen LogP contribution in [0.5, 0.6) is 0 Å². The standard InChI is InChI=1S/C17H19N3O5/c1-3-10(2)11-4-6-12(7-5-11)18-15(22)9-25-16(23)13-8-14(21)20-17(24)19-13/h4-8,10H,3,9H2,1-2H3,(H,18,22)(H2,19,20,21,24). The third-order valence-corrected chi connectivity index (χ3v) is 3.69. The number of amides is 1. The number of esters is 1. The maximum Gasteiger partial charge on any atom is 0.355 e. The zero-order chi connectivity index (χ0) is 18.4. The lowest BCUT2D eigenvalue weighted by molar-refractivity contribution is -0.119. The second-order valence-electron chi connectivity index (χ2n) is 5.56. The van der Waals surface area contributed by atoms with Gasteiger partial charge in [-0.2, -0.15) is 0 Å². The van der Waals surface area contributed by atoms with Gasteiger partial charge in [-0.05, 0) is 30.0 Å². The van der Waals surface area contributed by atoms with E-state index in [2.05, 4.69) is 24.1 Å². The quantitative estimate of drug-likeness (QED) is 0.683. The molecule has 1 amide bonds. The highest BCUT2D eigenvalue weighted by atomic mass is 16.5. The number of hydrogen-bond donors (Lipinski definition) is 3. The van der Waals surface area contributed by atoms with Crippen molar-refractivity contribution >= 4 is 17.6 Å². The Labute approximate surface area is 143 Å². The van der Waals surface area contributed by atoms with Gasteiger partial charge in [0.2, 0.25) is 0 Å². The predicted octanol–water partition coefficient (Wildman–Crippen LogP) is 1.37. The van der Waals surface area contributed by atoms with Gasteiger partial charge in [0.05, 0.1) is 0 Å². The van der Waals surface area contributed by atoms with Crippen LogP contribution >= 0.6 is 0 Å². The monoisotopic (exact) mass is 345 g/mol. The zero-order valence-electron chi connectivity index (χ0n) is 13.9. The molecule has 0 saturated carbocycles. The molecule has 1 heterocycles. The lowest BCUT2D eigenvalue weighted by atomic mass is 9.99. The number of rotatable bonds is 6. The summed E-state index contributed by atoms with van der Waals surface area (Å²) in [5.41, 5.74) is -0.130. The molecule has 0 spiro atoms. The summed E-state index contributed by atoms with van der Waals surface area (Å²) < 4.78 is 4.78. The fourth-order valence-corrected chi connectivity index (χ4v) is 2.12. The summed E-state index contributed by atoms with van der Waals surface area (Å²) in [5, 5.41) is 2.60. The van der Waals surface area contributed by atoms with E-state index in [1.165, 1.54) is 5.56 Å². The van der Waals surface area contributed by atoms with E-state index < -0.39 is 29.7 Å². The van der Waals surface area contributed by atoms with Gasteiger partial charge in [0.15, 0.2) is 6.61 Å². The van der Waals surface area contributed by atoms with Gasteiger partial charge >= 0.3 is 11.7 Å². The summed E-state index contributed by atoms with van der Waals surface area (Å²) in [7, 11) is 0. The summed E-state index contributed by atoms with van der Waals surface area (Å²) in [6, 6.07) is 8.29. The highest BCUT2D eigenvalue weighted by molar-refractivity contribution is 5.94. The van der Waals surface area contributed by atoms with Crippen molar-refractivity contribution in [2.75, 3.05) is 11.9 Å². The Morgan fingerprint density at radius 2 is 1.84 bits per heavy atom. The van der Waals surface area contributed by atoms with Crippen LogP contribution < -0.4 is 16.6 Å². The van der Waals surface area contributed by atoms with Crippen molar-refractivity contribution in [3.63, 3.8) is 0 Å². The second kappa shape index (κ2) is 8.09. The fraction of sp³-hybridized carbons (Fsp3) is 0.294. The van der Waals surface area contributed by atoms with Crippen LogP contribution in [0.1, 0.15) is 42.2 Å². The number of ether oxygens (including phenoxy) is 1. The molecule has 1 aromatic heterocycles. The average Bonchev–Trinajstić information content (AvgIpc) is 2.58. The molecule has 0 bridgehead atoms. The molecular formula is C17H19N3O5. The number of H-pyrrole nitrogens is 2. The Hall–Kier alpha value is -3.16. The van der Waals surface area contributed by atoms with Crippen molar-refractivity contribution in [1.82, 2.24) is 9.97 Å². The van der Waals surface area contributed by atoms with E-state index in [1.54, 1.807) is 12.1 Å². The van der Waals surface area contributed by atoms with Crippen molar-refractivity contribution in [2.24, 2.45) is 0 Å². The number of nitrogens with one attached hydrogen (secondary N) is 3. The minimum absolute atomic E-state index is 0.320. The van der Waals surface area contributed by atoms with E-state index >= 15 is 0 Å². The summed E-state index contributed by atoms with van der Waals surface area (Å²) in [6.45, 7) is 3.68. The lowest BCUT2D eigenvalue weighted by Crippen LogP contribution is -2.27. The molecule has 0 aliphatic rings. The topological polar surface area (TPSA) is 121 Å². The summed E-state index contributed by atoms with van der Waals surface area (Å²) in [4.78, 5) is 49.8. The molecule has 25 heavy (non-hydrogen) atoms. The van der Waals surface area contributed by atoms with Crippen molar-refractivity contribution in [3.8, 4) is 0 Å². The molecule has 0 aliphatic carbocycles. The maximum absolute atomic E-state index is 11.8. The first-order chi connectivity index (χ1) is 11.9. The zero-order valence-corrected chi connectivity index (χ0v) is 13.9. The van der Waals surface area contributed by atoms with Crippen LogP contribution in [-0.2, 0) is 9.53 Å². The highest BCUT2D eigenvalue weighted by Gasteiger charge is 2.12. The number of anilines is 1. The van der Waals surface area contributed by atoms with Gasteiger partial charge in [0.1, 0.15) is 5.69 Å². The SMILES string of the molecule is CCC(C)c1ccc(NC(=O)COC(=O)c2cc(=O)[nH]c(=O)[nH]2)cc1. The molecule has 3 N–H and O–H groups in total. The Bertz CT molecular complexity index is 839. The van der Waals surface area contributed by atoms with E-state index in [0.29, 0.717) is 11.6 Å². The molecule has 2 aromatic rings. The van der Waals surface area contributed by atoms with Crippen LogP contribution in [0.15, 0.2) is 39.9 Å². The van der Waals surface area contributed by atoms with Gasteiger partial charge < -0.3 is 15.0 Å². The Kier molecular flexibility index (Phi) is 5.89. The third kappa shape index (κ3) is 5.17. The number of aromatic amines is 2. The molecule has 1 aromatic carbocycles. The summed E-state index contributed by atoms with van der Waals surface area (Å²) >= 11 is 0. The Morgan fingerprint density at radius 3 is 2.44 bits per heavy atom. The minimum Gasteiger partial charge on any atom is -0.451 e. The normalized spacial score (nSPS) is 11.6. The minimum atomic E-state index is -0.967. The van der Waals surface area contributed by atoms with Gasteiger partial charge in [-0.3, -0.25) is 14.6 Å². The van der Waals surface area contributed by atoms with Crippen LogP contribution in [0, 0.1) is 0 Å². The van der Waals surface area contributed by atoms with E-state index in [0.717, 1.165) is 12.5 Å². The van der Waals surface area contributed by atoms with Gasteiger partial charge in [0.25, 0.3) is 11.5 Å². The predicted molar refractivity (Wildman–Crippen MR) is 91.7 cm³/mol. The molecule has 2 rings (SSSR count). The summed E-state index contributed by atoms with van der Waals surface area (Å²) in [5.74, 6) is -1.07. The average molecular weight is 345 g/mol. The molecule has 1 atom stereocenters. The van der Waals surface area contributed by atoms with Crippen LogP contribution in [0.2, 0.25) is 0 Å². The van der Waals surface area contributed by atoms with Gasteiger partial charge in [-0.25, -0.2) is 9.59 Å². The van der Waals surface area contributed by atoms with Crippen molar-refractivity contribution < 1.29 is 14.3 Å². The first-order valence-corrected chi connectivity index (χ1v) is 7.79. The molecule has 0 aliphatic heterocycles. The first-order valence-electron chi connectivity index (χ1n) is 7.79. The van der Waals surface area contributed by atoms with Crippen molar-refractivity contribution in [1.29, 1.82) is 0 Å². The molecule has 1 unspecified atom stereocenters. The van der Waals surface area contributed by atoms with Gasteiger partial charge in [0, 0.05) is 11.8 Å². The van der Waals surface area contributed by atoms with Crippen LogP contribution in [-0.4, -0.2) is 28.5 Å². The number of carbonyl (C=O) groups excluding carboxylic acids is 2. The van der Waals surface area contributed by atoms with Crippen LogP contribution in [0.4, 0.5) is 5.69 Å². The van der Waals surface area contributed by atoms with E-state index in [4.69, 9.17) is 4.74 Å². The fourth-order valence-electron chi connectivity index (χ4n) is 2.12. The van der Waals surface area contributed by atoms with Gasteiger partial charge in [-0.15, -0.1) is 0 Å². The van der Waals surface area contributed by atoms with E-state index in [1.807, 2.05) is 17.1 Å². The Morgan fingerprint density at radius 1 is 1.16 bits per heavy atom. The number of hydrogen-bond acceptors (Lipinski definition) is 5. The number of carbonyl (C=O) groups is 2. The van der Waals surface area contributed by atoms with E-state index in [-0.39, 0.29) is 5.69 Å². The molecule has 8 heteroatoms. The van der Waals surface area contributed by atoms with E-state index in [9.17, 15) is 19.2 Å². The molecule has 0 saturated heterocycles. The number of benzene rings is 1. The molecular weight excluding hydrogens is 326 g/mol. The molecule has 0 radical (unpaired) electrons. The Balaban J connectivity index is 1.91. The van der Waals surface area contributed by atoms with Crippen LogP contribution in [0.25, 0.3) is 0 Å². The summed E-state index contributed by atoms with van der Waals surface area (Å²) in [6.07, 6.45) is 1.02. The lowest BCUT2D eigenvalue weighted by Gasteiger charge is -2.10. The molecule has 8 nitrogen and oxygen atoms in total. The van der Waals surface area contributed by atoms with Gasteiger partial charge in [-0.1, -0.05) is 26.0 Å². The number of aromatic nitrogens is 2. The highest BCUT2D eigenvalue weighted by Crippen LogP contribution is 2.20. The third-order valence-electron chi connectivity index (χ3n) is 3.69. The van der Waals surface area contributed by atoms with Crippen LogP contribution in [0.3, 0.4) is 0 Å². The van der Waals surface area contributed by atoms with Crippen molar-refractivity contribution in [3.05, 3.63) is 62.4 Å².